The van der Waals surface area contributed by atoms with E-state index in [1.807, 2.05) is 17.0 Å². The molecule has 2 rings (SSSR count). The van der Waals surface area contributed by atoms with Gasteiger partial charge in [-0.3, -0.25) is 4.90 Å². The van der Waals surface area contributed by atoms with Gasteiger partial charge < -0.3 is 14.7 Å². The van der Waals surface area contributed by atoms with Crippen molar-refractivity contribution in [2.75, 3.05) is 26.3 Å². The summed E-state index contributed by atoms with van der Waals surface area (Å²) in [6.07, 6.45) is 0. The van der Waals surface area contributed by atoms with E-state index in [0.717, 1.165) is 0 Å². The van der Waals surface area contributed by atoms with E-state index >= 15 is 0 Å². The van der Waals surface area contributed by atoms with Crippen molar-refractivity contribution in [2.45, 2.75) is 6.54 Å². The second-order valence-electron chi connectivity index (χ2n) is 4.22. The molecule has 0 radical (unpaired) electrons. The zero-order valence-corrected chi connectivity index (χ0v) is 11.6. The first-order valence-corrected chi connectivity index (χ1v) is 6.64. The van der Waals surface area contributed by atoms with E-state index in [-0.39, 0.29) is 13.2 Å². The van der Waals surface area contributed by atoms with E-state index in [9.17, 15) is 0 Å². The number of nitrogens with zero attached hydrogens (tertiary/aromatic N) is 3. The molecular weight excluding hydrogens is 282 g/mol. The molecule has 0 amide bonds. The highest BCUT2D eigenvalue weighted by molar-refractivity contribution is 6.33. The van der Waals surface area contributed by atoms with Crippen LogP contribution in [0.25, 0.3) is 11.5 Å². The number of halogens is 1. The first kappa shape index (κ1) is 14.9. The lowest BCUT2D eigenvalue weighted by molar-refractivity contribution is 0.152. The summed E-state index contributed by atoms with van der Waals surface area (Å²) >= 11 is 6.07. The summed E-state index contributed by atoms with van der Waals surface area (Å²) in [5.41, 5.74) is 0.684. The van der Waals surface area contributed by atoms with Crippen LogP contribution in [-0.2, 0) is 6.54 Å². The van der Waals surface area contributed by atoms with Gasteiger partial charge in [0.2, 0.25) is 0 Å². The molecule has 2 aromatic rings. The van der Waals surface area contributed by atoms with Crippen molar-refractivity contribution in [3.05, 3.63) is 35.1 Å². The van der Waals surface area contributed by atoms with E-state index in [1.54, 1.807) is 12.1 Å². The van der Waals surface area contributed by atoms with E-state index < -0.39 is 0 Å². The third kappa shape index (κ3) is 3.77. The maximum atomic E-state index is 8.96. The molecule has 0 saturated carbocycles. The molecule has 108 valence electrons. The van der Waals surface area contributed by atoms with Crippen molar-refractivity contribution >= 4 is 11.6 Å². The fourth-order valence-electron chi connectivity index (χ4n) is 1.81. The van der Waals surface area contributed by atoms with Crippen molar-refractivity contribution < 1.29 is 14.7 Å². The van der Waals surface area contributed by atoms with Gasteiger partial charge in [0.25, 0.3) is 5.89 Å². The molecule has 0 spiro atoms. The number of aliphatic hydroxyl groups excluding tert-OH is 2. The molecule has 0 aliphatic carbocycles. The highest BCUT2D eigenvalue weighted by atomic mass is 35.5. The van der Waals surface area contributed by atoms with Crippen molar-refractivity contribution in [1.82, 2.24) is 15.0 Å². The highest BCUT2D eigenvalue weighted by Crippen LogP contribution is 2.25. The van der Waals surface area contributed by atoms with Crippen LogP contribution in [0.4, 0.5) is 0 Å². The van der Waals surface area contributed by atoms with Crippen molar-refractivity contribution in [1.29, 1.82) is 0 Å². The molecule has 6 nitrogen and oxygen atoms in total. The molecule has 0 bridgehead atoms. The molecule has 1 aromatic heterocycles. The summed E-state index contributed by atoms with van der Waals surface area (Å²) in [5.74, 6) is 0.848. The molecule has 0 aliphatic rings. The summed E-state index contributed by atoms with van der Waals surface area (Å²) in [6, 6.07) is 7.23. The number of aromatic nitrogens is 2. The van der Waals surface area contributed by atoms with Gasteiger partial charge in [0, 0.05) is 13.1 Å². The Morgan fingerprint density at radius 3 is 2.50 bits per heavy atom. The minimum absolute atomic E-state index is 0.00915. The van der Waals surface area contributed by atoms with Gasteiger partial charge in [-0.2, -0.15) is 4.98 Å². The number of benzene rings is 1. The molecule has 1 aromatic carbocycles. The van der Waals surface area contributed by atoms with E-state index in [1.165, 1.54) is 0 Å². The molecular formula is C13H16ClN3O3. The van der Waals surface area contributed by atoms with E-state index in [4.69, 9.17) is 26.3 Å². The zero-order chi connectivity index (χ0) is 14.4. The number of rotatable bonds is 7. The Balaban J connectivity index is 2.10. The summed E-state index contributed by atoms with van der Waals surface area (Å²) in [4.78, 5) is 6.11. The smallest absolute Gasteiger partial charge is 0.259 e. The molecule has 0 atom stereocenters. The lowest BCUT2D eigenvalue weighted by atomic mass is 10.2. The molecule has 0 saturated heterocycles. The van der Waals surface area contributed by atoms with Crippen LogP contribution < -0.4 is 0 Å². The van der Waals surface area contributed by atoms with E-state index in [0.29, 0.717) is 41.9 Å². The van der Waals surface area contributed by atoms with Gasteiger partial charge >= 0.3 is 0 Å². The maximum absolute atomic E-state index is 8.96. The first-order valence-electron chi connectivity index (χ1n) is 6.26. The number of hydrogen-bond donors (Lipinski definition) is 2. The summed E-state index contributed by atoms with van der Waals surface area (Å²) in [6.45, 7) is 1.30. The number of hydrogen-bond acceptors (Lipinski definition) is 6. The van der Waals surface area contributed by atoms with Gasteiger partial charge in [0.1, 0.15) is 0 Å². The molecule has 7 heteroatoms. The maximum Gasteiger partial charge on any atom is 0.259 e. The standard InChI is InChI=1S/C13H16ClN3O3/c14-11-4-2-1-3-10(11)13-15-12(16-20-13)9-17(5-7-18)6-8-19/h1-4,18-19H,5-9H2. The molecule has 20 heavy (non-hydrogen) atoms. The van der Waals surface area contributed by atoms with Gasteiger partial charge in [0.05, 0.1) is 30.3 Å². The predicted molar refractivity (Wildman–Crippen MR) is 74.2 cm³/mol. The first-order chi connectivity index (χ1) is 9.74. The molecule has 1 heterocycles. The minimum atomic E-state index is 0.00915. The van der Waals surface area contributed by atoms with Crippen molar-refractivity contribution in [3.8, 4) is 11.5 Å². The summed E-state index contributed by atoms with van der Waals surface area (Å²) < 4.78 is 5.19. The zero-order valence-electron chi connectivity index (χ0n) is 10.9. The molecule has 0 fully saturated rings. The quantitative estimate of drug-likeness (QED) is 0.798. The second-order valence-corrected chi connectivity index (χ2v) is 4.63. The van der Waals surface area contributed by atoms with E-state index in [2.05, 4.69) is 10.1 Å². The Bertz CT molecular complexity index is 541. The van der Waals surface area contributed by atoms with Crippen LogP contribution in [0.15, 0.2) is 28.8 Å². The largest absolute Gasteiger partial charge is 0.395 e. The Morgan fingerprint density at radius 1 is 1.15 bits per heavy atom. The normalized spacial score (nSPS) is 11.2. The fourth-order valence-corrected chi connectivity index (χ4v) is 2.03. The van der Waals surface area contributed by atoms with Crippen LogP contribution in [0, 0.1) is 0 Å². The van der Waals surface area contributed by atoms with Gasteiger partial charge in [-0.05, 0) is 12.1 Å². The highest BCUT2D eigenvalue weighted by Gasteiger charge is 2.14. The summed E-state index contributed by atoms with van der Waals surface area (Å²) in [5, 5.41) is 22.3. The van der Waals surface area contributed by atoms with Crippen LogP contribution in [0.1, 0.15) is 5.82 Å². The van der Waals surface area contributed by atoms with Gasteiger partial charge in [-0.1, -0.05) is 28.9 Å². The van der Waals surface area contributed by atoms with Gasteiger partial charge in [-0.15, -0.1) is 0 Å². The monoisotopic (exact) mass is 297 g/mol. The second kappa shape index (κ2) is 7.35. The topological polar surface area (TPSA) is 82.6 Å². The van der Waals surface area contributed by atoms with Crippen LogP contribution in [0.5, 0.6) is 0 Å². The predicted octanol–water partition coefficient (Wildman–Crippen LogP) is 1.18. The van der Waals surface area contributed by atoms with Crippen LogP contribution in [0.2, 0.25) is 5.02 Å². The Kier molecular flexibility index (Phi) is 5.49. The fraction of sp³-hybridized carbons (Fsp3) is 0.385. The summed E-state index contributed by atoms with van der Waals surface area (Å²) in [7, 11) is 0. The third-order valence-electron chi connectivity index (χ3n) is 2.77. The van der Waals surface area contributed by atoms with Gasteiger partial charge in [0.15, 0.2) is 5.82 Å². The lowest BCUT2D eigenvalue weighted by Crippen LogP contribution is -2.29. The Labute approximate surface area is 121 Å². The average Bonchev–Trinajstić information content (AvgIpc) is 2.88. The SMILES string of the molecule is OCCN(CCO)Cc1noc(-c2ccccc2Cl)n1. The van der Waals surface area contributed by atoms with Crippen molar-refractivity contribution in [3.63, 3.8) is 0 Å². The molecule has 2 N–H and O–H groups in total. The average molecular weight is 298 g/mol. The number of aliphatic hydroxyl groups is 2. The lowest BCUT2D eigenvalue weighted by Gasteiger charge is -2.17. The van der Waals surface area contributed by atoms with Crippen LogP contribution >= 0.6 is 11.6 Å². The Morgan fingerprint density at radius 2 is 1.85 bits per heavy atom. The molecule has 0 unspecified atom stereocenters. The molecule has 0 aliphatic heterocycles. The Hall–Kier alpha value is -1.47. The van der Waals surface area contributed by atoms with Gasteiger partial charge in [-0.25, -0.2) is 0 Å². The minimum Gasteiger partial charge on any atom is -0.395 e. The third-order valence-corrected chi connectivity index (χ3v) is 3.10. The van der Waals surface area contributed by atoms with Crippen LogP contribution in [0.3, 0.4) is 0 Å². The van der Waals surface area contributed by atoms with Crippen LogP contribution in [-0.4, -0.2) is 51.6 Å². The van der Waals surface area contributed by atoms with Crippen molar-refractivity contribution in [2.24, 2.45) is 0 Å².